The summed E-state index contributed by atoms with van der Waals surface area (Å²) < 4.78 is 1.88. The molecule has 0 aliphatic carbocycles. The van der Waals surface area contributed by atoms with Gasteiger partial charge >= 0.3 is 0 Å². The van der Waals surface area contributed by atoms with Crippen molar-refractivity contribution in [1.29, 1.82) is 0 Å². The molecule has 0 aliphatic heterocycles. The largest absolute Gasteiger partial charge is 0.345 e. The molecule has 1 aromatic heterocycles. The zero-order chi connectivity index (χ0) is 15.2. The average Bonchev–Trinajstić information content (AvgIpc) is 2.91. The van der Waals surface area contributed by atoms with E-state index >= 15 is 0 Å². The van der Waals surface area contributed by atoms with Crippen LogP contribution in [0.4, 0.5) is 5.69 Å². The first-order valence-corrected chi connectivity index (χ1v) is 7.39. The van der Waals surface area contributed by atoms with Crippen LogP contribution in [0.1, 0.15) is 24.9 Å². The van der Waals surface area contributed by atoms with Gasteiger partial charge < -0.3 is 15.2 Å². The molecule has 0 saturated heterocycles. The fourth-order valence-corrected chi connectivity index (χ4v) is 2.47. The lowest BCUT2D eigenvalue weighted by atomic mass is 10.1. The quantitative estimate of drug-likeness (QED) is 0.858. The number of hydrogen-bond acceptors (Lipinski definition) is 2. The Morgan fingerprint density at radius 3 is 2.76 bits per heavy atom. The summed E-state index contributed by atoms with van der Waals surface area (Å²) in [7, 11) is 1.94. The second-order valence-corrected chi connectivity index (χ2v) is 5.30. The van der Waals surface area contributed by atoms with Gasteiger partial charge in [0, 0.05) is 18.4 Å². The van der Waals surface area contributed by atoms with Crippen LogP contribution in [-0.2, 0) is 11.3 Å². The summed E-state index contributed by atoms with van der Waals surface area (Å²) in [6.07, 6.45) is 4.92. The smallest absolute Gasteiger partial charge is 0.244 e. The molecule has 1 heterocycles. The highest BCUT2D eigenvalue weighted by atomic mass is 35.5. The number of para-hydroxylation sites is 1. The zero-order valence-electron chi connectivity index (χ0n) is 12.3. The van der Waals surface area contributed by atoms with E-state index in [-0.39, 0.29) is 12.5 Å². The minimum absolute atomic E-state index is 0.0947. The van der Waals surface area contributed by atoms with E-state index in [1.54, 1.807) is 12.1 Å². The van der Waals surface area contributed by atoms with Gasteiger partial charge in [-0.05, 0) is 37.2 Å². The molecule has 0 bridgehead atoms. The highest BCUT2D eigenvalue weighted by molar-refractivity contribution is 6.33. The molecule has 2 N–H and O–H groups in total. The van der Waals surface area contributed by atoms with E-state index in [0.717, 1.165) is 6.42 Å². The summed E-state index contributed by atoms with van der Waals surface area (Å²) in [4.78, 5) is 12.0. The van der Waals surface area contributed by atoms with Gasteiger partial charge in [-0.2, -0.15) is 0 Å². The van der Waals surface area contributed by atoms with Gasteiger partial charge in [0.25, 0.3) is 0 Å². The van der Waals surface area contributed by atoms with Gasteiger partial charge in [0.15, 0.2) is 0 Å². The Morgan fingerprint density at radius 1 is 1.33 bits per heavy atom. The summed E-state index contributed by atoms with van der Waals surface area (Å²) in [5.74, 6) is -0.0947. The fraction of sp³-hybridized carbons (Fsp3) is 0.312. The van der Waals surface area contributed by atoms with Crippen molar-refractivity contribution in [1.82, 2.24) is 9.88 Å². The molecule has 0 spiro atoms. The molecule has 1 unspecified atom stereocenters. The van der Waals surface area contributed by atoms with Crippen molar-refractivity contribution >= 4 is 23.2 Å². The van der Waals surface area contributed by atoms with Crippen molar-refractivity contribution in [3.05, 3.63) is 53.3 Å². The van der Waals surface area contributed by atoms with E-state index in [4.69, 9.17) is 11.6 Å². The highest BCUT2D eigenvalue weighted by Crippen LogP contribution is 2.20. The standard InChI is InChI=1S/C16H20ClN3O/c1-3-14(18-2)12-8-9-20(10-12)11-16(21)19-15-7-5-4-6-13(15)17/h4-10,14,18H,3,11H2,1-2H3,(H,19,21). The van der Waals surface area contributed by atoms with Crippen molar-refractivity contribution in [2.75, 3.05) is 12.4 Å². The molecule has 0 fully saturated rings. The van der Waals surface area contributed by atoms with Crippen molar-refractivity contribution in [2.45, 2.75) is 25.9 Å². The van der Waals surface area contributed by atoms with E-state index in [2.05, 4.69) is 17.6 Å². The Balaban J connectivity index is 1.99. The van der Waals surface area contributed by atoms with Gasteiger partial charge in [-0.3, -0.25) is 4.79 Å². The zero-order valence-corrected chi connectivity index (χ0v) is 13.0. The third-order valence-corrected chi connectivity index (χ3v) is 3.74. The molecule has 1 atom stereocenters. The van der Waals surface area contributed by atoms with Gasteiger partial charge in [0.2, 0.25) is 5.91 Å². The number of anilines is 1. The van der Waals surface area contributed by atoms with Gasteiger partial charge in [-0.15, -0.1) is 0 Å². The van der Waals surface area contributed by atoms with E-state index in [0.29, 0.717) is 16.8 Å². The van der Waals surface area contributed by atoms with Crippen LogP contribution >= 0.6 is 11.6 Å². The van der Waals surface area contributed by atoms with Crippen molar-refractivity contribution in [2.24, 2.45) is 0 Å². The van der Waals surface area contributed by atoms with E-state index < -0.39 is 0 Å². The molecule has 1 aromatic carbocycles. The number of carbonyl (C=O) groups is 1. The van der Waals surface area contributed by atoms with Crippen LogP contribution in [0.25, 0.3) is 0 Å². The van der Waals surface area contributed by atoms with Crippen LogP contribution in [0.15, 0.2) is 42.7 Å². The normalized spacial score (nSPS) is 12.1. The second kappa shape index (κ2) is 7.29. The Kier molecular flexibility index (Phi) is 5.42. The Bertz CT molecular complexity index is 605. The number of aromatic nitrogens is 1. The molecule has 0 saturated carbocycles. The minimum atomic E-state index is -0.0947. The Labute approximate surface area is 130 Å². The molecule has 4 nitrogen and oxygen atoms in total. The summed E-state index contributed by atoms with van der Waals surface area (Å²) in [6, 6.07) is 9.57. The number of rotatable bonds is 6. The molecule has 5 heteroatoms. The maximum Gasteiger partial charge on any atom is 0.244 e. The SMILES string of the molecule is CCC(NC)c1ccn(CC(=O)Nc2ccccc2Cl)c1. The van der Waals surface area contributed by atoms with E-state index in [1.165, 1.54) is 5.56 Å². The number of halogens is 1. The Hall–Kier alpha value is -1.78. The summed E-state index contributed by atoms with van der Waals surface area (Å²) in [5, 5.41) is 6.61. The van der Waals surface area contributed by atoms with Gasteiger partial charge in [0.1, 0.15) is 6.54 Å². The van der Waals surface area contributed by atoms with Crippen LogP contribution in [0.2, 0.25) is 5.02 Å². The van der Waals surface area contributed by atoms with E-state index in [9.17, 15) is 4.79 Å². The maximum absolute atomic E-state index is 12.0. The number of benzene rings is 1. The van der Waals surface area contributed by atoms with Crippen LogP contribution in [-0.4, -0.2) is 17.5 Å². The second-order valence-electron chi connectivity index (χ2n) is 4.89. The number of carbonyl (C=O) groups excluding carboxylic acids is 1. The van der Waals surface area contributed by atoms with Crippen molar-refractivity contribution in [3.8, 4) is 0 Å². The Morgan fingerprint density at radius 2 is 2.10 bits per heavy atom. The highest BCUT2D eigenvalue weighted by Gasteiger charge is 2.10. The van der Waals surface area contributed by atoms with Crippen LogP contribution < -0.4 is 10.6 Å². The lowest BCUT2D eigenvalue weighted by molar-refractivity contribution is -0.116. The minimum Gasteiger partial charge on any atom is -0.345 e. The lowest BCUT2D eigenvalue weighted by Gasteiger charge is -2.11. The third kappa shape index (κ3) is 4.09. The first kappa shape index (κ1) is 15.6. The molecular formula is C16H20ClN3O. The number of hydrogen-bond donors (Lipinski definition) is 2. The van der Waals surface area contributed by atoms with Gasteiger partial charge in [0.05, 0.1) is 10.7 Å². The fourth-order valence-electron chi connectivity index (χ4n) is 2.29. The molecule has 2 rings (SSSR count). The van der Waals surface area contributed by atoms with Gasteiger partial charge in [-0.25, -0.2) is 0 Å². The predicted molar refractivity (Wildman–Crippen MR) is 86.6 cm³/mol. The number of amides is 1. The number of nitrogens with one attached hydrogen (secondary N) is 2. The van der Waals surface area contributed by atoms with Crippen molar-refractivity contribution in [3.63, 3.8) is 0 Å². The lowest BCUT2D eigenvalue weighted by Crippen LogP contribution is -2.18. The molecular weight excluding hydrogens is 286 g/mol. The number of nitrogens with zero attached hydrogens (tertiary/aromatic N) is 1. The molecule has 0 aliphatic rings. The molecule has 1 amide bonds. The maximum atomic E-state index is 12.0. The summed E-state index contributed by atoms with van der Waals surface area (Å²) >= 11 is 6.02. The van der Waals surface area contributed by atoms with Crippen LogP contribution in [0.5, 0.6) is 0 Å². The molecule has 21 heavy (non-hydrogen) atoms. The van der Waals surface area contributed by atoms with Gasteiger partial charge in [-0.1, -0.05) is 30.7 Å². The molecule has 0 radical (unpaired) electrons. The van der Waals surface area contributed by atoms with E-state index in [1.807, 2.05) is 42.2 Å². The predicted octanol–water partition coefficient (Wildman–Crippen LogP) is 3.45. The van der Waals surface area contributed by atoms with Crippen LogP contribution in [0, 0.1) is 0 Å². The monoisotopic (exact) mass is 305 g/mol. The average molecular weight is 306 g/mol. The topological polar surface area (TPSA) is 46.1 Å². The first-order valence-electron chi connectivity index (χ1n) is 7.01. The van der Waals surface area contributed by atoms with Crippen molar-refractivity contribution < 1.29 is 4.79 Å². The summed E-state index contributed by atoms with van der Waals surface area (Å²) in [6.45, 7) is 2.40. The molecule has 2 aromatic rings. The summed E-state index contributed by atoms with van der Waals surface area (Å²) in [5.41, 5.74) is 1.82. The first-order chi connectivity index (χ1) is 10.1. The van der Waals surface area contributed by atoms with Crippen LogP contribution in [0.3, 0.4) is 0 Å². The third-order valence-electron chi connectivity index (χ3n) is 3.41. The molecule has 112 valence electrons.